The maximum atomic E-state index is 11.9. The van der Waals surface area contributed by atoms with Crippen LogP contribution in [-0.2, 0) is 16.1 Å². The molecule has 138 valence electrons. The Morgan fingerprint density at radius 3 is 2.80 bits per heavy atom. The highest BCUT2D eigenvalue weighted by Crippen LogP contribution is 2.15. The van der Waals surface area contributed by atoms with Gasteiger partial charge < -0.3 is 14.8 Å². The third kappa shape index (κ3) is 8.18. The topological polar surface area (TPSA) is 50.8 Å². The standard InChI is InChI=1S/C20H30N2O3/c1-20(2,3)8-7-19(23)21-16-17-5-4-6-18(15-17)25-14-11-22-9-12-24-13-10-22/h4-8,15H,9-14,16H2,1-3H3,(H,21,23)/b8-7+. The molecule has 0 unspecified atom stereocenters. The average Bonchev–Trinajstić information content (AvgIpc) is 2.59. The molecule has 1 aliphatic rings. The lowest BCUT2D eigenvalue weighted by Gasteiger charge is -2.26. The SMILES string of the molecule is CC(C)(C)/C=C/C(=O)NCc1cccc(OCCN2CCOCC2)c1. The number of nitrogens with zero attached hydrogens (tertiary/aromatic N) is 1. The first-order valence-electron chi connectivity index (χ1n) is 8.91. The number of hydrogen-bond donors (Lipinski definition) is 1. The molecule has 1 aromatic carbocycles. The van der Waals surface area contributed by atoms with Crippen LogP contribution in [0.4, 0.5) is 0 Å². The molecule has 0 spiro atoms. The lowest BCUT2D eigenvalue weighted by Crippen LogP contribution is -2.38. The summed E-state index contributed by atoms with van der Waals surface area (Å²) in [6.07, 6.45) is 3.51. The van der Waals surface area contributed by atoms with E-state index in [1.165, 1.54) is 0 Å². The lowest BCUT2D eigenvalue weighted by molar-refractivity contribution is -0.116. The molecular formula is C20H30N2O3. The number of ether oxygens (including phenoxy) is 2. The molecule has 0 saturated carbocycles. The van der Waals surface area contributed by atoms with Gasteiger partial charge in [0.05, 0.1) is 13.2 Å². The number of benzene rings is 1. The normalized spacial score (nSPS) is 16.1. The smallest absolute Gasteiger partial charge is 0.243 e. The minimum absolute atomic E-state index is 0.00553. The van der Waals surface area contributed by atoms with Crippen molar-refractivity contribution in [1.82, 2.24) is 10.2 Å². The van der Waals surface area contributed by atoms with Crippen molar-refractivity contribution in [2.45, 2.75) is 27.3 Å². The lowest BCUT2D eigenvalue weighted by atomic mass is 9.96. The van der Waals surface area contributed by atoms with E-state index in [1.807, 2.05) is 30.3 Å². The molecule has 25 heavy (non-hydrogen) atoms. The zero-order valence-corrected chi connectivity index (χ0v) is 15.6. The average molecular weight is 346 g/mol. The molecule has 0 aliphatic carbocycles. The van der Waals surface area contributed by atoms with Crippen LogP contribution in [0.2, 0.25) is 0 Å². The fourth-order valence-electron chi connectivity index (χ4n) is 2.44. The van der Waals surface area contributed by atoms with E-state index in [0.29, 0.717) is 13.2 Å². The first-order valence-corrected chi connectivity index (χ1v) is 8.91. The van der Waals surface area contributed by atoms with E-state index in [4.69, 9.17) is 9.47 Å². The van der Waals surface area contributed by atoms with Gasteiger partial charge >= 0.3 is 0 Å². The van der Waals surface area contributed by atoms with Crippen LogP contribution in [0.3, 0.4) is 0 Å². The Bertz CT molecular complexity index is 573. The van der Waals surface area contributed by atoms with Crippen LogP contribution in [-0.4, -0.2) is 50.3 Å². The summed E-state index contributed by atoms with van der Waals surface area (Å²) in [5, 5.41) is 2.90. The molecular weight excluding hydrogens is 316 g/mol. The van der Waals surface area contributed by atoms with E-state index in [1.54, 1.807) is 6.08 Å². The fraction of sp³-hybridized carbons (Fsp3) is 0.550. The number of carbonyl (C=O) groups is 1. The van der Waals surface area contributed by atoms with E-state index >= 15 is 0 Å². The molecule has 1 saturated heterocycles. The molecule has 2 rings (SSSR count). The molecule has 1 aliphatic heterocycles. The van der Waals surface area contributed by atoms with E-state index < -0.39 is 0 Å². The quantitative estimate of drug-likeness (QED) is 0.771. The Morgan fingerprint density at radius 2 is 2.08 bits per heavy atom. The Kier molecular flexibility index (Phi) is 7.47. The van der Waals surface area contributed by atoms with Crippen molar-refractivity contribution in [3.05, 3.63) is 42.0 Å². The predicted octanol–water partition coefficient (Wildman–Crippen LogP) is 2.62. The summed E-state index contributed by atoms with van der Waals surface area (Å²) < 4.78 is 11.2. The summed E-state index contributed by atoms with van der Waals surface area (Å²) in [4.78, 5) is 14.2. The second-order valence-corrected chi connectivity index (χ2v) is 7.37. The predicted molar refractivity (Wildman–Crippen MR) is 99.6 cm³/mol. The van der Waals surface area contributed by atoms with Crippen molar-refractivity contribution in [2.75, 3.05) is 39.5 Å². The molecule has 0 aromatic heterocycles. The molecule has 5 nitrogen and oxygen atoms in total. The number of hydrogen-bond acceptors (Lipinski definition) is 4. The largest absolute Gasteiger partial charge is 0.492 e. The highest BCUT2D eigenvalue weighted by Gasteiger charge is 2.10. The minimum atomic E-state index is -0.0754. The van der Waals surface area contributed by atoms with Crippen LogP contribution in [0.15, 0.2) is 36.4 Å². The summed E-state index contributed by atoms with van der Waals surface area (Å²) >= 11 is 0. The molecule has 0 bridgehead atoms. The maximum Gasteiger partial charge on any atom is 0.243 e. The molecule has 1 fully saturated rings. The van der Waals surface area contributed by atoms with E-state index in [-0.39, 0.29) is 11.3 Å². The number of morpholine rings is 1. The Hall–Kier alpha value is -1.85. The summed E-state index contributed by atoms with van der Waals surface area (Å²) in [5.41, 5.74) is 1.03. The Morgan fingerprint density at radius 1 is 1.32 bits per heavy atom. The van der Waals surface area contributed by atoms with E-state index in [0.717, 1.165) is 44.2 Å². The maximum absolute atomic E-state index is 11.9. The van der Waals surface area contributed by atoms with Crippen LogP contribution < -0.4 is 10.1 Å². The first kappa shape index (κ1) is 19.5. The highest BCUT2D eigenvalue weighted by atomic mass is 16.5. The van der Waals surface area contributed by atoms with Gasteiger partial charge in [-0.1, -0.05) is 39.0 Å². The monoisotopic (exact) mass is 346 g/mol. The Balaban J connectivity index is 1.74. The van der Waals surface area contributed by atoms with Gasteiger partial charge in [0, 0.05) is 26.2 Å². The number of amides is 1. The number of nitrogens with one attached hydrogen (secondary N) is 1. The van der Waals surface area contributed by atoms with Gasteiger partial charge in [-0.3, -0.25) is 9.69 Å². The van der Waals surface area contributed by atoms with E-state index in [2.05, 4.69) is 31.0 Å². The molecule has 1 aromatic rings. The number of allylic oxidation sites excluding steroid dienone is 1. The van der Waals surface area contributed by atoms with E-state index in [9.17, 15) is 4.79 Å². The zero-order valence-electron chi connectivity index (χ0n) is 15.6. The minimum Gasteiger partial charge on any atom is -0.492 e. The fourth-order valence-corrected chi connectivity index (χ4v) is 2.44. The zero-order chi connectivity index (χ0) is 18.1. The van der Waals surface area contributed by atoms with Crippen molar-refractivity contribution in [2.24, 2.45) is 5.41 Å². The third-order valence-electron chi connectivity index (χ3n) is 3.88. The molecule has 0 radical (unpaired) electrons. The first-order chi connectivity index (χ1) is 11.9. The molecule has 1 N–H and O–H groups in total. The van der Waals surface area contributed by atoms with Gasteiger partial charge in [-0.05, 0) is 29.2 Å². The van der Waals surface area contributed by atoms with Crippen molar-refractivity contribution in [1.29, 1.82) is 0 Å². The van der Waals surface area contributed by atoms with Crippen LogP contribution >= 0.6 is 0 Å². The summed E-state index contributed by atoms with van der Waals surface area (Å²) in [6, 6.07) is 7.87. The van der Waals surface area contributed by atoms with Crippen molar-refractivity contribution < 1.29 is 14.3 Å². The van der Waals surface area contributed by atoms with Gasteiger partial charge in [-0.15, -0.1) is 0 Å². The number of carbonyl (C=O) groups excluding carboxylic acids is 1. The molecule has 5 heteroatoms. The highest BCUT2D eigenvalue weighted by molar-refractivity contribution is 5.87. The van der Waals surface area contributed by atoms with Gasteiger partial charge in [0.2, 0.25) is 5.91 Å². The van der Waals surface area contributed by atoms with Crippen molar-refractivity contribution in [3.63, 3.8) is 0 Å². The van der Waals surface area contributed by atoms with Gasteiger partial charge in [0.25, 0.3) is 0 Å². The van der Waals surface area contributed by atoms with Gasteiger partial charge in [0.1, 0.15) is 12.4 Å². The van der Waals surface area contributed by atoms with Crippen molar-refractivity contribution in [3.8, 4) is 5.75 Å². The van der Waals surface area contributed by atoms with Crippen LogP contribution in [0.25, 0.3) is 0 Å². The van der Waals surface area contributed by atoms with Crippen molar-refractivity contribution >= 4 is 5.91 Å². The van der Waals surface area contributed by atoms with Gasteiger partial charge in [0.15, 0.2) is 0 Å². The Labute approximate surface area is 151 Å². The third-order valence-corrected chi connectivity index (χ3v) is 3.88. The van der Waals surface area contributed by atoms with Gasteiger partial charge in [-0.2, -0.15) is 0 Å². The van der Waals surface area contributed by atoms with Crippen LogP contribution in [0.1, 0.15) is 26.3 Å². The summed E-state index contributed by atoms with van der Waals surface area (Å²) in [5.74, 6) is 0.763. The molecule has 1 amide bonds. The van der Waals surface area contributed by atoms with Crippen LogP contribution in [0, 0.1) is 5.41 Å². The van der Waals surface area contributed by atoms with Gasteiger partial charge in [-0.25, -0.2) is 0 Å². The second kappa shape index (κ2) is 9.59. The second-order valence-electron chi connectivity index (χ2n) is 7.37. The molecule has 1 heterocycles. The summed E-state index contributed by atoms with van der Waals surface area (Å²) in [7, 11) is 0. The summed E-state index contributed by atoms with van der Waals surface area (Å²) in [6.45, 7) is 11.8. The molecule has 0 atom stereocenters. The van der Waals surface area contributed by atoms with Crippen LogP contribution in [0.5, 0.6) is 5.75 Å². The number of rotatable bonds is 7.